The van der Waals surface area contributed by atoms with Crippen molar-refractivity contribution in [2.24, 2.45) is 10.6 Å². The first-order chi connectivity index (χ1) is 8.49. The Balaban J connectivity index is 1.63. The van der Waals surface area contributed by atoms with Gasteiger partial charge in [0.05, 0.1) is 12.0 Å². The molecule has 5 atom stereocenters. The van der Waals surface area contributed by atoms with E-state index >= 15 is 0 Å². The quantitative estimate of drug-likeness (QED) is 0.636. The standard InChI is InChI=1S/C12H17NO5/c1-11(2)17-8-6-7(16-10(8)18-11)9-12(3,4-14-6)5-15-13-9/h6-8,10H,4-5H2,1-3H3/t6-,7-,8+,10+,12+/m0/s1. The topological polar surface area (TPSA) is 58.5 Å². The maximum Gasteiger partial charge on any atom is 0.190 e. The van der Waals surface area contributed by atoms with E-state index in [0.717, 1.165) is 5.71 Å². The molecule has 4 heterocycles. The summed E-state index contributed by atoms with van der Waals surface area (Å²) in [5, 5.41) is 4.14. The fourth-order valence-corrected chi connectivity index (χ4v) is 3.10. The molecule has 0 unspecified atom stereocenters. The van der Waals surface area contributed by atoms with Crippen LogP contribution in [-0.2, 0) is 23.8 Å². The van der Waals surface area contributed by atoms with Crippen LogP contribution in [0.2, 0.25) is 0 Å². The van der Waals surface area contributed by atoms with Crippen LogP contribution in [0.15, 0.2) is 5.16 Å². The fourth-order valence-electron chi connectivity index (χ4n) is 3.10. The number of nitrogens with zero attached hydrogens (tertiary/aromatic N) is 1. The summed E-state index contributed by atoms with van der Waals surface area (Å²) in [7, 11) is 0. The highest BCUT2D eigenvalue weighted by molar-refractivity contribution is 5.96. The SMILES string of the molecule is CC1(C)O[C@H]2O[C@@H]3C4=NOC[C@@]4(C)CO[C@@H]3[C@H]2O1. The number of hydrogen-bond acceptors (Lipinski definition) is 6. The molecule has 0 N–H and O–H groups in total. The van der Waals surface area contributed by atoms with Gasteiger partial charge in [-0.05, 0) is 20.8 Å². The summed E-state index contributed by atoms with van der Waals surface area (Å²) in [5.41, 5.74) is 0.758. The van der Waals surface area contributed by atoms with Crippen LogP contribution >= 0.6 is 0 Å². The second kappa shape index (κ2) is 3.25. The van der Waals surface area contributed by atoms with Crippen LogP contribution in [0, 0.1) is 5.41 Å². The Morgan fingerprint density at radius 3 is 2.78 bits per heavy atom. The Labute approximate surface area is 105 Å². The molecule has 3 fully saturated rings. The summed E-state index contributed by atoms with van der Waals surface area (Å²) in [6.45, 7) is 6.98. The summed E-state index contributed by atoms with van der Waals surface area (Å²) in [6, 6.07) is 0. The Bertz CT molecular complexity index is 423. The van der Waals surface area contributed by atoms with Gasteiger partial charge in [-0.2, -0.15) is 0 Å². The van der Waals surface area contributed by atoms with Gasteiger partial charge < -0.3 is 23.8 Å². The first-order valence-corrected chi connectivity index (χ1v) is 6.32. The lowest BCUT2D eigenvalue weighted by molar-refractivity contribution is -0.215. The van der Waals surface area contributed by atoms with Crippen molar-refractivity contribution in [2.75, 3.05) is 13.2 Å². The Morgan fingerprint density at radius 2 is 1.94 bits per heavy atom. The third-order valence-corrected chi connectivity index (χ3v) is 4.02. The van der Waals surface area contributed by atoms with E-state index in [2.05, 4.69) is 12.1 Å². The van der Waals surface area contributed by atoms with Crippen molar-refractivity contribution in [3.05, 3.63) is 0 Å². The van der Waals surface area contributed by atoms with Gasteiger partial charge in [0.15, 0.2) is 12.1 Å². The number of hydrogen-bond donors (Lipinski definition) is 0. The molecule has 0 aromatic carbocycles. The zero-order valence-corrected chi connectivity index (χ0v) is 10.7. The van der Waals surface area contributed by atoms with Crippen LogP contribution in [0.1, 0.15) is 20.8 Å². The molecule has 0 saturated carbocycles. The van der Waals surface area contributed by atoms with Crippen molar-refractivity contribution in [1.29, 1.82) is 0 Å². The zero-order chi connectivity index (χ0) is 12.5. The monoisotopic (exact) mass is 255 g/mol. The van der Waals surface area contributed by atoms with E-state index in [1.165, 1.54) is 0 Å². The molecule has 0 aliphatic carbocycles. The minimum absolute atomic E-state index is 0.148. The molecular formula is C12H17NO5. The third kappa shape index (κ3) is 1.34. The van der Waals surface area contributed by atoms with Gasteiger partial charge in [-0.15, -0.1) is 0 Å². The molecule has 0 radical (unpaired) electrons. The van der Waals surface area contributed by atoms with Gasteiger partial charge in [-0.1, -0.05) is 5.16 Å². The number of rotatable bonds is 0. The smallest absolute Gasteiger partial charge is 0.190 e. The van der Waals surface area contributed by atoms with Crippen molar-refractivity contribution in [1.82, 2.24) is 0 Å². The van der Waals surface area contributed by atoms with Crippen LogP contribution in [0.25, 0.3) is 0 Å². The van der Waals surface area contributed by atoms with Gasteiger partial charge in [-0.25, -0.2) is 0 Å². The van der Waals surface area contributed by atoms with E-state index in [-0.39, 0.29) is 30.0 Å². The first kappa shape index (κ1) is 11.2. The summed E-state index contributed by atoms with van der Waals surface area (Å²) in [4.78, 5) is 5.21. The molecule has 0 aromatic heterocycles. The minimum atomic E-state index is -0.613. The second-order valence-electron chi connectivity index (χ2n) is 6.11. The highest BCUT2D eigenvalue weighted by Crippen LogP contribution is 2.45. The maximum atomic E-state index is 5.94. The lowest BCUT2D eigenvalue weighted by atomic mass is 9.80. The highest BCUT2D eigenvalue weighted by atomic mass is 16.8. The van der Waals surface area contributed by atoms with Crippen LogP contribution < -0.4 is 0 Å². The highest BCUT2D eigenvalue weighted by Gasteiger charge is 2.62. The Morgan fingerprint density at radius 1 is 1.11 bits per heavy atom. The normalized spacial score (nSPS) is 52.3. The van der Waals surface area contributed by atoms with E-state index in [0.29, 0.717) is 13.2 Å². The first-order valence-electron chi connectivity index (χ1n) is 6.32. The van der Waals surface area contributed by atoms with Crippen molar-refractivity contribution >= 4 is 5.71 Å². The summed E-state index contributed by atoms with van der Waals surface area (Å²) in [5.74, 6) is -0.613. The lowest BCUT2D eigenvalue weighted by Crippen LogP contribution is -2.53. The minimum Gasteiger partial charge on any atom is -0.395 e. The molecule has 4 aliphatic rings. The molecule has 0 bridgehead atoms. The summed E-state index contributed by atoms with van der Waals surface area (Å²) in [6.07, 6.45) is -0.916. The predicted molar refractivity (Wildman–Crippen MR) is 59.9 cm³/mol. The molecule has 4 rings (SSSR count). The van der Waals surface area contributed by atoms with Crippen LogP contribution in [0.3, 0.4) is 0 Å². The number of oxime groups is 1. The molecule has 100 valence electrons. The molecule has 0 spiro atoms. The Hall–Kier alpha value is -0.690. The van der Waals surface area contributed by atoms with E-state index in [4.69, 9.17) is 23.8 Å². The molecule has 0 amide bonds. The van der Waals surface area contributed by atoms with Crippen LogP contribution in [-0.4, -0.2) is 49.3 Å². The molecule has 4 aliphatic heterocycles. The van der Waals surface area contributed by atoms with E-state index < -0.39 is 5.79 Å². The third-order valence-electron chi connectivity index (χ3n) is 4.02. The molecule has 3 saturated heterocycles. The molecule has 0 aromatic rings. The van der Waals surface area contributed by atoms with Gasteiger partial charge in [-0.3, -0.25) is 0 Å². The zero-order valence-electron chi connectivity index (χ0n) is 10.7. The number of ether oxygens (including phenoxy) is 4. The van der Waals surface area contributed by atoms with Gasteiger partial charge in [0.2, 0.25) is 0 Å². The van der Waals surface area contributed by atoms with E-state index in [9.17, 15) is 0 Å². The van der Waals surface area contributed by atoms with E-state index in [1.807, 2.05) is 13.8 Å². The van der Waals surface area contributed by atoms with Crippen molar-refractivity contribution in [3.63, 3.8) is 0 Å². The average molecular weight is 255 g/mol. The Kier molecular flexibility index (Phi) is 2.01. The average Bonchev–Trinajstić information content (AvgIpc) is 2.86. The van der Waals surface area contributed by atoms with Gasteiger partial charge in [0.25, 0.3) is 0 Å². The summed E-state index contributed by atoms with van der Waals surface area (Å²) < 4.78 is 23.4. The molecule has 6 nitrogen and oxygen atoms in total. The maximum absolute atomic E-state index is 5.94. The van der Waals surface area contributed by atoms with Gasteiger partial charge >= 0.3 is 0 Å². The molecular weight excluding hydrogens is 238 g/mol. The fraction of sp³-hybridized carbons (Fsp3) is 0.917. The lowest BCUT2D eigenvalue weighted by Gasteiger charge is -2.36. The largest absolute Gasteiger partial charge is 0.395 e. The van der Waals surface area contributed by atoms with Gasteiger partial charge in [0.1, 0.15) is 30.6 Å². The predicted octanol–water partition coefficient (Wildman–Crippen LogP) is 0.654. The van der Waals surface area contributed by atoms with Crippen LogP contribution in [0.5, 0.6) is 0 Å². The summed E-state index contributed by atoms with van der Waals surface area (Å²) >= 11 is 0. The van der Waals surface area contributed by atoms with Gasteiger partial charge in [0, 0.05) is 0 Å². The van der Waals surface area contributed by atoms with Crippen LogP contribution in [0.4, 0.5) is 0 Å². The molecule has 6 heteroatoms. The number of fused-ring (bicyclic) bond motifs is 5. The second-order valence-corrected chi connectivity index (χ2v) is 6.11. The molecule has 18 heavy (non-hydrogen) atoms. The van der Waals surface area contributed by atoms with E-state index in [1.54, 1.807) is 0 Å². The van der Waals surface area contributed by atoms with Crippen molar-refractivity contribution < 1.29 is 23.8 Å². The van der Waals surface area contributed by atoms with Crippen molar-refractivity contribution in [3.8, 4) is 0 Å². The van der Waals surface area contributed by atoms with Crippen molar-refractivity contribution in [2.45, 2.75) is 51.2 Å².